The van der Waals surface area contributed by atoms with Gasteiger partial charge in [0.1, 0.15) is 6.33 Å². The Morgan fingerprint density at radius 2 is 1.61 bits per heavy atom. The molecule has 28 heavy (non-hydrogen) atoms. The molecule has 2 aliphatic rings. The molecule has 2 aromatic rings. The number of nitrogens with two attached hydrogens (primary N) is 1. The van der Waals surface area contributed by atoms with Crippen molar-refractivity contribution in [2.45, 2.75) is 70.3 Å². The number of halogens is 1. The summed E-state index contributed by atoms with van der Waals surface area (Å²) in [6.07, 6.45) is 6.04. The van der Waals surface area contributed by atoms with Crippen LogP contribution in [0, 0.1) is 0 Å². The second kappa shape index (κ2) is 7.60. The largest absolute Gasteiger partial charge is 0.341 e. The molecule has 1 aromatic carbocycles. The molecule has 1 aliphatic carbocycles. The maximum Gasteiger partial charge on any atom is 0.228 e. The third-order valence-electron chi connectivity index (χ3n) is 6.49. The van der Waals surface area contributed by atoms with Gasteiger partial charge in [0.2, 0.25) is 5.95 Å². The fourth-order valence-electron chi connectivity index (χ4n) is 4.41. The van der Waals surface area contributed by atoms with Crippen molar-refractivity contribution in [1.82, 2.24) is 15.0 Å². The molecule has 1 saturated heterocycles. The second-order valence-corrected chi connectivity index (χ2v) is 9.46. The summed E-state index contributed by atoms with van der Waals surface area (Å²) in [5.74, 6) is 1.53. The second-order valence-electron chi connectivity index (χ2n) is 9.46. The molecular weight excluding hydrogens is 370 g/mol. The zero-order valence-corrected chi connectivity index (χ0v) is 18.2. The van der Waals surface area contributed by atoms with E-state index >= 15 is 0 Å². The van der Waals surface area contributed by atoms with Gasteiger partial charge in [-0.1, -0.05) is 39.8 Å². The number of piperidine rings is 1. The number of hydrogen-bond acceptors (Lipinski definition) is 5. The lowest BCUT2D eigenvalue weighted by Gasteiger charge is -2.42. The molecule has 6 heteroatoms. The van der Waals surface area contributed by atoms with Crippen molar-refractivity contribution in [3.63, 3.8) is 0 Å². The predicted molar refractivity (Wildman–Crippen MR) is 117 cm³/mol. The monoisotopic (exact) mass is 401 g/mol. The molecule has 4 rings (SSSR count). The first-order valence-electron chi connectivity index (χ1n) is 10.1. The van der Waals surface area contributed by atoms with Crippen molar-refractivity contribution in [2.24, 2.45) is 5.73 Å². The molecule has 1 fully saturated rings. The van der Waals surface area contributed by atoms with Crippen LogP contribution < -0.4 is 10.6 Å². The standard InChI is InChI=1S/C22H31N5.ClH/c1-21(2)9-10-22(3,4)18-13-15(5-6-17(18)21)19-24-14-25-20(26-19)27-11-7-16(23)8-12-27;/h5-6,13-14,16H,7-12,23H2,1-4H3;1H. The van der Waals surface area contributed by atoms with Crippen LogP contribution in [-0.4, -0.2) is 34.1 Å². The van der Waals surface area contributed by atoms with Gasteiger partial charge in [-0.15, -0.1) is 12.4 Å². The number of benzene rings is 1. The Bertz CT molecular complexity index is 841. The van der Waals surface area contributed by atoms with E-state index in [4.69, 9.17) is 10.7 Å². The highest BCUT2D eigenvalue weighted by atomic mass is 35.5. The Morgan fingerprint density at radius 1 is 0.964 bits per heavy atom. The van der Waals surface area contributed by atoms with Crippen LogP contribution in [0.3, 0.4) is 0 Å². The Balaban J connectivity index is 0.00000225. The normalized spacial score (nSPS) is 21.0. The molecule has 0 amide bonds. The fraction of sp³-hybridized carbons (Fsp3) is 0.591. The van der Waals surface area contributed by atoms with Crippen molar-refractivity contribution < 1.29 is 0 Å². The average Bonchev–Trinajstić information content (AvgIpc) is 2.66. The molecule has 0 spiro atoms. The number of hydrogen-bond donors (Lipinski definition) is 1. The van der Waals surface area contributed by atoms with E-state index in [0.29, 0.717) is 6.04 Å². The van der Waals surface area contributed by atoms with Crippen LogP contribution in [0.4, 0.5) is 5.95 Å². The molecule has 0 saturated carbocycles. The van der Waals surface area contributed by atoms with E-state index in [1.54, 1.807) is 6.33 Å². The van der Waals surface area contributed by atoms with Gasteiger partial charge in [0.05, 0.1) is 0 Å². The summed E-state index contributed by atoms with van der Waals surface area (Å²) in [5.41, 5.74) is 10.4. The van der Waals surface area contributed by atoms with Gasteiger partial charge < -0.3 is 10.6 Å². The van der Waals surface area contributed by atoms with Crippen molar-refractivity contribution in [2.75, 3.05) is 18.0 Å². The zero-order valence-electron chi connectivity index (χ0n) is 17.4. The van der Waals surface area contributed by atoms with Crippen LogP contribution in [-0.2, 0) is 10.8 Å². The summed E-state index contributed by atoms with van der Waals surface area (Å²) in [5, 5.41) is 0. The van der Waals surface area contributed by atoms with Crippen molar-refractivity contribution >= 4 is 18.4 Å². The smallest absolute Gasteiger partial charge is 0.228 e. The van der Waals surface area contributed by atoms with Gasteiger partial charge in [-0.05, 0) is 53.7 Å². The topological polar surface area (TPSA) is 67.9 Å². The summed E-state index contributed by atoms with van der Waals surface area (Å²) in [6.45, 7) is 11.2. The van der Waals surface area contributed by atoms with Crippen LogP contribution in [0.1, 0.15) is 64.5 Å². The van der Waals surface area contributed by atoms with Crippen molar-refractivity contribution in [1.29, 1.82) is 0 Å². The van der Waals surface area contributed by atoms with Gasteiger partial charge in [0.25, 0.3) is 0 Å². The van der Waals surface area contributed by atoms with Crippen molar-refractivity contribution in [3.8, 4) is 11.4 Å². The van der Waals surface area contributed by atoms with E-state index in [0.717, 1.165) is 43.3 Å². The number of nitrogens with zero attached hydrogens (tertiary/aromatic N) is 4. The van der Waals surface area contributed by atoms with Crippen LogP contribution in [0.25, 0.3) is 11.4 Å². The minimum Gasteiger partial charge on any atom is -0.341 e. The first-order chi connectivity index (χ1) is 12.8. The molecule has 1 aromatic heterocycles. The molecule has 0 bridgehead atoms. The zero-order chi connectivity index (χ0) is 19.2. The summed E-state index contributed by atoms with van der Waals surface area (Å²) in [7, 11) is 0. The maximum absolute atomic E-state index is 6.03. The minimum absolute atomic E-state index is 0. The van der Waals surface area contributed by atoms with Crippen LogP contribution >= 0.6 is 12.4 Å². The van der Waals surface area contributed by atoms with Gasteiger partial charge in [-0.2, -0.15) is 4.98 Å². The van der Waals surface area contributed by atoms with E-state index in [-0.39, 0.29) is 23.2 Å². The van der Waals surface area contributed by atoms with E-state index in [1.807, 2.05) is 0 Å². The molecule has 0 atom stereocenters. The predicted octanol–water partition coefficient (Wildman–Crippen LogP) is 4.24. The van der Waals surface area contributed by atoms with Gasteiger partial charge in [-0.25, -0.2) is 9.97 Å². The Kier molecular flexibility index (Phi) is 5.70. The third kappa shape index (κ3) is 3.87. The third-order valence-corrected chi connectivity index (χ3v) is 6.49. The van der Waals surface area contributed by atoms with Crippen LogP contribution in [0.2, 0.25) is 0 Å². The van der Waals surface area contributed by atoms with Crippen LogP contribution in [0.5, 0.6) is 0 Å². The summed E-state index contributed by atoms with van der Waals surface area (Å²) in [6, 6.07) is 7.07. The molecule has 2 heterocycles. The fourth-order valence-corrected chi connectivity index (χ4v) is 4.41. The number of fused-ring (bicyclic) bond motifs is 1. The molecule has 0 unspecified atom stereocenters. The van der Waals surface area contributed by atoms with E-state index in [2.05, 4.69) is 60.8 Å². The highest BCUT2D eigenvalue weighted by molar-refractivity contribution is 5.85. The molecule has 152 valence electrons. The van der Waals surface area contributed by atoms with Gasteiger partial charge in [0.15, 0.2) is 5.82 Å². The lowest BCUT2D eigenvalue weighted by atomic mass is 9.63. The molecule has 2 N–H and O–H groups in total. The van der Waals surface area contributed by atoms with E-state index < -0.39 is 0 Å². The van der Waals surface area contributed by atoms with Gasteiger partial charge in [0, 0.05) is 24.7 Å². The molecule has 5 nitrogen and oxygen atoms in total. The lowest BCUT2D eigenvalue weighted by molar-refractivity contribution is 0.332. The first kappa shape index (κ1) is 21.0. The number of aromatic nitrogens is 3. The highest BCUT2D eigenvalue weighted by Gasteiger charge is 2.37. The Morgan fingerprint density at radius 3 is 2.29 bits per heavy atom. The Hall–Kier alpha value is -1.72. The minimum atomic E-state index is 0. The average molecular weight is 402 g/mol. The summed E-state index contributed by atoms with van der Waals surface area (Å²) >= 11 is 0. The molecular formula is C22H32ClN5. The van der Waals surface area contributed by atoms with Crippen molar-refractivity contribution in [3.05, 3.63) is 35.7 Å². The molecule has 0 radical (unpaired) electrons. The quantitative estimate of drug-likeness (QED) is 0.815. The Labute approximate surface area is 174 Å². The number of anilines is 1. The number of rotatable bonds is 2. The van der Waals surface area contributed by atoms with Gasteiger partial charge >= 0.3 is 0 Å². The van der Waals surface area contributed by atoms with E-state index in [1.165, 1.54) is 24.0 Å². The summed E-state index contributed by atoms with van der Waals surface area (Å²) < 4.78 is 0. The first-order valence-corrected chi connectivity index (χ1v) is 10.1. The van der Waals surface area contributed by atoms with Crippen LogP contribution in [0.15, 0.2) is 24.5 Å². The van der Waals surface area contributed by atoms with Gasteiger partial charge in [-0.3, -0.25) is 0 Å². The lowest BCUT2D eigenvalue weighted by Crippen LogP contribution is -2.40. The molecule has 1 aliphatic heterocycles. The maximum atomic E-state index is 6.03. The summed E-state index contributed by atoms with van der Waals surface area (Å²) in [4.78, 5) is 15.9. The highest BCUT2D eigenvalue weighted by Crippen LogP contribution is 2.46. The van der Waals surface area contributed by atoms with E-state index in [9.17, 15) is 0 Å². The SMILES string of the molecule is CC1(C)CCC(C)(C)c2cc(-c3ncnc(N4CCC(N)CC4)n3)ccc21.Cl.